The van der Waals surface area contributed by atoms with Crippen molar-refractivity contribution in [2.24, 2.45) is 0 Å². The minimum Gasteiger partial charge on any atom is -0.463 e. The molecule has 3 atom stereocenters. The largest absolute Gasteiger partial charge is 0.463 e. The topological polar surface area (TPSA) is 154 Å². The summed E-state index contributed by atoms with van der Waals surface area (Å²) in [6.45, 7) is 3.42. The minimum atomic E-state index is -0.856. The van der Waals surface area contributed by atoms with Gasteiger partial charge in [0.2, 0.25) is 0 Å². The molecule has 13 nitrogen and oxygen atoms in total. The molecule has 0 bridgehead atoms. The Bertz CT molecular complexity index is 1020. The highest BCUT2D eigenvalue weighted by atomic mass is 16.6. The van der Waals surface area contributed by atoms with Gasteiger partial charge in [-0.2, -0.15) is 10.1 Å². The van der Waals surface area contributed by atoms with Crippen molar-refractivity contribution >= 4 is 17.9 Å². The molecule has 31 heavy (non-hydrogen) atoms. The van der Waals surface area contributed by atoms with Gasteiger partial charge in [0.1, 0.15) is 44.3 Å². The van der Waals surface area contributed by atoms with Gasteiger partial charge in [-0.05, 0) is 0 Å². The van der Waals surface area contributed by atoms with Crippen molar-refractivity contribution < 1.29 is 33.3 Å². The smallest absolute Gasteiger partial charge is 0.351 e. The van der Waals surface area contributed by atoms with E-state index < -0.39 is 42.0 Å². The van der Waals surface area contributed by atoms with E-state index in [1.165, 1.54) is 48.9 Å². The molecule has 1 fully saturated rings. The fraction of sp³-hybridized carbons (Fsp3) is 0.500. The predicted octanol–water partition coefficient (Wildman–Crippen LogP) is -0.331. The highest BCUT2D eigenvalue weighted by Gasteiger charge is 2.40. The molecule has 0 N–H and O–H groups in total. The van der Waals surface area contributed by atoms with E-state index in [9.17, 15) is 19.2 Å². The van der Waals surface area contributed by atoms with Gasteiger partial charge in [-0.25, -0.2) is 14.5 Å². The Kier molecular flexibility index (Phi) is 6.74. The zero-order valence-corrected chi connectivity index (χ0v) is 17.1. The van der Waals surface area contributed by atoms with Gasteiger partial charge in [0.25, 0.3) is 0 Å². The number of carbonyl (C=O) groups excluding carboxylic acids is 3. The van der Waals surface area contributed by atoms with Crippen LogP contribution in [0.2, 0.25) is 0 Å². The second-order valence-corrected chi connectivity index (χ2v) is 6.72. The molecule has 0 aromatic carbocycles. The third kappa shape index (κ3) is 5.51. The van der Waals surface area contributed by atoms with Crippen molar-refractivity contribution in [3.63, 3.8) is 0 Å². The van der Waals surface area contributed by atoms with E-state index in [0.717, 1.165) is 0 Å². The third-order valence-corrected chi connectivity index (χ3v) is 4.33. The van der Waals surface area contributed by atoms with Gasteiger partial charge in [-0.3, -0.25) is 19.0 Å². The maximum Gasteiger partial charge on any atom is 0.351 e. The molecule has 13 heteroatoms. The molecule has 2 aromatic heterocycles. The van der Waals surface area contributed by atoms with Crippen LogP contribution in [-0.4, -0.2) is 61.0 Å². The minimum absolute atomic E-state index is 0.128. The molecular weight excluding hydrogens is 414 g/mol. The van der Waals surface area contributed by atoms with Crippen LogP contribution in [0.1, 0.15) is 39.0 Å². The molecule has 0 spiro atoms. The molecule has 1 aliphatic heterocycles. The van der Waals surface area contributed by atoms with Crippen molar-refractivity contribution in [1.29, 1.82) is 0 Å². The fourth-order valence-electron chi connectivity index (χ4n) is 3.06. The summed E-state index contributed by atoms with van der Waals surface area (Å²) in [5.74, 6) is -1.43. The maximum atomic E-state index is 12.7. The van der Waals surface area contributed by atoms with Gasteiger partial charge in [0.15, 0.2) is 5.82 Å². The van der Waals surface area contributed by atoms with Crippen molar-refractivity contribution in [2.75, 3.05) is 6.61 Å². The van der Waals surface area contributed by atoms with Gasteiger partial charge in [-0.1, -0.05) is 0 Å². The number of hydrogen-bond acceptors (Lipinski definition) is 11. The maximum absolute atomic E-state index is 12.7. The zero-order valence-electron chi connectivity index (χ0n) is 17.1. The molecule has 0 saturated carbocycles. The van der Waals surface area contributed by atoms with Gasteiger partial charge in [0, 0.05) is 33.4 Å². The van der Waals surface area contributed by atoms with Crippen LogP contribution >= 0.6 is 0 Å². The molecule has 0 amide bonds. The number of aromatic nitrogens is 5. The average molecular weight is 435 g/mol. The van der Waals surface area contributed by atoms with E-state index in [-0.39, 0.29) is 25.5 Å². The van der Waals surface area contributed by atoms with E-state index in [1.807, 2.05) is 0 Å². The first-order valence-corrected chi connectivity index (χ1v) is 9.31. The first-order chi connectivity index (χ1) is 14.7. The van der Waals surface area contributed by atoms with Crippen LogP contribution in [0.15, 0.2) is 23.6 Å². The molecule has 0 radical (unpaired) electrons. The molecular formula is C18H21N5O8. The first-order valence-electron chi connectivity index (χ1n) is 9.31. The van der Waals surface area contributed by atoms with Crippen LogP contribution in [0.3, 0.4) is 0 Å². The summed E-state index contributed by atoms with van der Waals surface area (Å²) in [6, 6.07) is 0. The van der Waals surface area contributed by atoms with Crippen molar-refractivity contribution in [3.8, 4) is 5.82 Å². The Morgan fingerprint density at radius 3 is 2.52 bits per heavy atom. The highest BCUT2D eigenvalue weighted by molar-refractivity contribution is 5.67. The van der Waals surface area contributed by atoms with Crippen LogP contribution in [0.4, 0.5) is 0 Å². The lowest BCUT2D eigenvalue weighted by atomic mass is 10.2. The Labute approximate surface area is 175 Å². The summed E-state index contributed by atoms with van der Waals surface area (Å²) in [7, 11) is 0. The normalized spacial score (nSPS) is 20.3. The highest BCUT2D eigenvalue weighted by Crippen LogP contribution is 2.31. The lowest BCUT2D eigenvalue weighted by Crippen LogP contribution is -2.31. The Morgan fingerprint density at radius 2 is 1.90 bits per heavy atom. The lowest BCUT2D eigenvalue weighted by Gasteiger charge is -2.18. The van der Waals surface area contributed by atoms with E-state index >= 15 is 0 Å². The number of ether oxygens (including phenoxy) is 4. The summed E-state index contributed by atoms with van der Waals surface area (Å²) in [4.78, 5) is 54.4. The van der Waals surface area contributed by atoms with Crippen LogP contribution in [0.5, 0.6) is 0 Å². The molecule has 3 heterocycles. The monoisotopic (exact) mass is 435 g/mol. The molecule has 1 aliphatic rings. The van der Waals surface area contributed by atoms with Crippen LogP contribution in [0, 0.1) is 0 Å². The van der Waals surface area contributed by atoms with Crippen LogP contribution < -0.4 is 5.69 Å². The second-order valence-electron chi connectivity index (χ2n) is 6.72. The molecule has 0 aliphatic carbocycles. The molecule has 3 rings (SSSR count). The average Bonchev–Trinajstić information content (AvgIpc) is 3.34. The SMILES string of the molecule is CC(=O)OCc1cn([C@H]2C[C@H](OC(C)=O)[C@@H](COC(C)=O)O2)c(=O)nc1-n1cncn1. The fourth-order valence-corrected chi connectivity index (χ4v) is 3.06. The van der Waals surface area contributed by atoms with Crippen molar-refractivity contribution in [3.05, 3.63) is 34.9 Å². The number of esters is 3. The van der Waals surface area contributed by atoms with E-state index in [2.05, 4.69) is 15.1 Å². The van der Waals surface area contributed by atoms with Gasteiger partial charge in [0.05, 0.1) is 5.56 Å². The van der Waals surface area contributed by atoms with E-state index in [4.69, 9.17) is 18.9 Å². The number of nitrogens with zero attached hydrogens (tertiary/aromatic N) is 5. The molecule has 2 aromatic rings. The predicted molar refractivity (Wildman–Crippen MR) is 99.6 cm³/mol. The molecule has 166 valence electrons. The summed E-state index contributed by atoms with van der Waals surface area (Å²) in [5.41, 5.74) is -0.298. The summed E-state index contributed by atoms with van der Waals surface area (Å²) < 4.78 is 23.6. The van der Waals surface area contributed by atoms with Gasteiger partial charge >= 0.3 is 23.6 Å². The molecule has 0 unspecified atom stereocenters. The standard InChI is InChI=1S/C18H21N5O8/c1-10(24)28-6-13-5-22(18(27)21-17(13)23-9-19-8-20-23)16-4-14(30-12(3)26)15(31-16)7-29-11(2)25/h5,8-9,14-16H,4,6-7H2,1-3H3/t14-,15+,16+/m0/s1. The zero-order chi connectivity index (χ0) is 22.5. The van der Waals surface area contributed by atoms with Crippen LogP contribution in [-0.2, 0) is 39.9 Å². The Balaban J connectivity index is 1.92. The van der Waals surface area contributed by atoms with Gasteiger partial charge < -0.3 is 18.9 Å². The number of carbonyl (C=O) groups is 3. The number of hydrogen-bond donors (Lipinski definition) is 0. The summed E-state index contributed by atoms with van der Waals surface area (Å²) >= 11 is 0. The summed E-state index contributed by atoms with van der Waals surface area (Å²) in [6.07, 6.45) is 1.82. The van der Waals surface area contributed by atoms with E-state index in [1.54, 1.807) is 0 Å². The molecule has 1 saturated heterocycles. The van der Waals surface area contributed by atoms with Crippen molar-refractivity contribution in [1.82, 2.24) is 24.3 Å². The van der Waals surface area contributed by atoms with E-state index in [0.29, 0.717) is 5.56 Å². The van der Waals surface area contributed by atoms with Gasteiger partial charge in [-0.15, -0.1) is 0 Å². The van der Waals surface area contributed by atoms with Crippen molar-refractivity contribution in [2.45, 2.75) is 52.2 Å². The second kappa shape index (κ2) is 9.47. The Hall–Kier alpha value is -3.61. The third-order valence-electron chi connectivity index (χ3n) is 4.33. The quantitative estimate of drug-likeness (QED) is 0.415. The lowest BCUT2D eigenvalue weighted by molar-refractivity contribution is -0.155. The summed E-state index contributed by atoms with van der Waals surface area (Å²) in [5, 5.41) is 3.96. The number of rotatable bonds is 7. The Morgan fingerprint density at radius 1 is 1.16 bits per heavy atom. The first kappa shape index (κ1) is 22.1. The van der Waals surface area contributed by atoms with Crippen LogP contribution in [0.25, 0.3) is 5.82 Å².